The lowest BCUT2D eigenvalue weighted by Crippen LogP contribution is -2.48. The molecule has 4 rings (SSSR count). The van der Waals surface area contributed by atoms with Gasteiger partial charge in [0.15, 0.2) is 0 Å². The molecule has 138 valence electrons. The third kappa shape index (κ3) is 3.85. The molecule has 1 aromatic carbocycles. The standard InChI is InChI=1S/C21H26N2O2S/c24-18-13-16(14-18)20(19-7-4-12-26-19)22-17-8-10-23(11-9-17)21(25)15-5-2-1-3-6-15/h1-7,12,16-18,20,22,24H,8-11,13-14H2/t16?,18?,20-/m0/s1. The predicted molar refractivity (Wildman–Crippen MR) is 104 cm³/mol. The number of amides is 1. The monoisotopic (exact) mass is 370 g/mol. The van der Waals surface area contributed by atoms with E-state index in [-0.39, 0.29) is 12.0 Å². The molecule has 1 amide bonds. The molecule has 2 aromatic rings. The Morgan fingerprint density at radius 2 is 1.85 bits per heavy atom. The van der Waals surface area contributed by atoms with Crippen molar-refractivity contribution in [2.45, 2.75) is 43.9 Å². The summed E-state index contributed by atoms with van der Waals surface area (Å²) in [5.74, 6) is 0.661. The summed E-state index contributed by atoms with van der Waals surface area (Å²) < 4.78 is 0. The number of likely N-dealkylation sites (tertiary alicyclic amines) is 1. The minimum atomic E-state index is -0.130. The highest BCUT2D eigenvalue weighted by Gasteiger charge is 2.36. The van der Waals surface area contributed by atoms with Gasteiger partial charge in [-0.15, -0.1) is 11.3 Å². The fourth-order valence-electron chi connectivity index (χ4n) is 4.09. The van der Waals surface area contributed by atoms with E-state index < -0.39 is 0 Å². The zero-order valence-corrected chi connectivity index (χ0v) is 15.7. The van der Waals surface area contributed by atoms with Crippen LogP contribution in [0.15, 0.2) is 47.8 Å². The number of nitrogens with one attached hydrogen (secondary N) is 1. The second-order valence-electron chi connectivity index (χ2n) is 7.48. The van der Waals surface area contributed by atoms with Crippen LogP contribution in [0.25, 0.3) is 0 Å². The molecule has 1 saturated carbocycles. The molecular formula is C21H26N2O2S. The number of carbonyl (C=O) groups is 1. The summed E-state index contributed by atoms with van der Waals surface area (Å²) in [5.41, 5.74) is 0.777. The summed E-state index contributed by atoms with van der Waals surface area (Å²) in [6.07, 6.45) is 3.61. The van der Waals surface area contributed by atoms with Gasteiger partial charge in [-0.2, -0.15) is 0 Å². The van der Waals surface area contributed by atoms with E-state index in [1.54, 1.807) is 11.3 Å². The van der Waals surface area contributed by atoms with Gasteiger partial charge in [0.1, 0.15) is 0 Å². The minimum Gasteiger partial charge on any atom is -0.393 e. The summed E-state index contributed by atoms with van der Waals surface area (Å²) in [4.78, 5) is 15.9. The van der Waals surface area contributed by atoms with Crippen LogP contribution in [0.5, 0.6) is 0 Å². The Labute approximate surface area is 158 Å². The van der Waals surface area contributed by atoms with E-state index in [4.69, 9.17) is 0 Å². The molecule has 2 N–H and O–H groups in total. The van der Waals surface area contributed by atoms with Crippen LogP contribution in [-0.2, 0) is 0 Å². The van der Waals surface area contributed by atoms with Crippen molar-refractivity contribution in [1.29, 1.82) is 0 Å². The molecular weight excluding hydrogens is 344 g/mol. The molecule has 2 fully saturated rings. The fraction of sp³-hybridized carbons (Fsp3) is 0.476. The average Bonchev–Trinajstić information content (AvgIpc) is 3.19. The van der Waals surface area contributed by atoms with Crippen LogP contribution in [0, 0.1) is 5.92 Å². The normalized spacial score (nSPS) is 24.9. The van der Waals surface area contributed by atoms with E-state index in [9.17, 15) is 9.90 Å². The first-order valence-electron chi connectivity index (χ1n) is 9.52. The molecule has 0 bridgehead atoms. The first-order valence-corrected chi connectivity index (χ1v) is 10.4. The highest BCUT2D eigenvalue weighted by molar-refractivity contribution is 7.10. The maximum absolute atomic E-state index is 12.6. The number of thiophene rings is 1. The van der Waals surface area contributed by atoms with Gasteiger partial charge in [-0.1, -0.05) is 24.3 Å². The number of hydrogen-bond acceptors (Lipinski definition) is 4. The number of aliphatic hydroxyl groups is 1. The molecule has 1 atom stereocenters. The van der Waals surface area contributed by atoms with E-state index >= 15 is 0 Å². The fourth-order valence-corrected chi connectivity index (χ4v) is 4.97. The Kier molecular flexibility index (Phi) is 5.38. The molecule has 0 radical (unpaired) electrons. The van der Waals surface area contributed by atoms with Crippen molar-refractivity contribution in [3.63, 3.8) is 0 Å². The highest BCUT2D eigenvalue weighted by atomic mass is 32.1. The minimum absolute atomic E-state index is 0.130. The molecule has 0 unspecified atom stereocenters. The second-order valence-corrected chi connectivity index (χ2v) is 8.46. The van der Waals surface area contributed by atoms with E-state index in [0.717, 1.165) is 44.3 Å². The molecule has 5 heteroatoms. The van der Waals surface area contributed by atoms with E-state index in [0.29, 0.717) is 18.0 Å². The maximum atomic E-state index is 12.6. The third-order valence-electron chi connectivity index (χ3n) is 5.69. The molecule has 0 spiro atoms. The van der Waals surface area contributed by atoms with Crippen LogP contribution in [-0.4, -0.2) is 41.1 Å². The molecule has 1 aliphatic heterocycles. The first kappa shape index (κ1) is 17.7. The van der Waals surface area contributed by atoms with Crippen LogP contribution in [0.4, 0.5) is 0 Å². The average molecular weight is 371 g/mol. The number of nitrogens with zero attached hydrogens (tertiary/aromatic N) is 1. The van der Waals surface area contributed by atoms with Gasteiger partial charge in [-0.05, 0) is 55.2 Å². The van der Waals surface area contributed by atoms with Gasteiger partial charge in [0.25, 0.3) is 5.91 Å². The summed E-state index contributed by atoms with van der Waals surface area (Å²) >= 11 is 1.79. The van der Waals surface area contributed by atoms with Crippen molar-refractivity contribution in [2.75, 3.05) is 13.1 Å². The number of aliphatic hydroxyl groups excluding tert-OH is 1. The van der Waals surface area contributed by atoms with Gasteiger partial charge in [-0.25, -0.2) is 0 Å². The van der Waals surface area contributed by atoms with Crippen LogP contribution >= 0.6 is 11.3 Å². The van der Waals surface area contributed by atoms with Gasteiger partial charge >= 0.3 is 0 Å². The highest BCUT2D eigenvalue weighted by Crippen LogP contribution is 2.40. The lowest BCUT2D eigenvalue weighted by molar-refractivity contribution is 0.0202. The quantitative estimate of drug-likeness (QED) is 0.848. The Balaban J connectivity index is 1.34. The third-order valence-corrected chi connectivity index (χ3v) is 6.64. The molecule has 4 nitrogen and oxygen atoms in total. The van der Waals surface area contributed by atoms with Crippen molar-refractivity contribution in [2.24, 2.45) is 5.92 Å². The molecule has 1 saturated heterocycles. The van der Waals surface area contributed by atoms with Crippen molar-refractivity contribution >= 4 is 17.2 Å². The lowest BCUT2D eigenvalue weighted by atomic mass is 9.76. The number of rotatable bonds is 5. The van der Waals surface area contributed by atoms with Gasteiger partial charge in [0.2, 0.25) is 0 Å². The number of carbonyl (C=O) groups excluding carboxylic acids is 1. The van der Waals surface area contributed by atoms with Gasteiger partial charge < -0.3 is 15.3 Å². The zero-order chi connectivity index (χ0) is 17.9. The van der Waals surface area contributed by atoms with Crippen molar-refractivity contribution in [3.8, 4) is 0 Å². The van der Waals surface area contributed by atoms with E-state index in [1.165, 1.54) is 4.88 Å². The number of benzene rings is 1. The maximum Gasteiger partial charge on any atom is 0.253 e. The number of hydrogen-bond donors (Lipinski definition) is 2. The molecule has 2 aliphatic rings. The lowest BCUT2D eigenvalue weighted by Gasteiger charge is -2.41. The predicted octanol–water partition coefficient (Wildman–Crippen LogP) is 3.45. The summed E-state index contributed by atoms with van der Waals surface area (Å²) in [6, 6.07) is 14.6. The summed E-state index contributed by atoms with van der Waals surface area (Å²) in [6.45, 7) is 1.60. The van der Waals surface area contributed by atoms with Gasteiger partial charge in [-0.3, -0.25) is 4.79 Å². The Hall–Kier alpha value is -1.69. The molecule has 26 heavy (non-hydrogen) atoms. The summed E-state index contributed by atoms with van der Waals surface area (Å²) in [5, 5.41) is 15.7. The van der Waals surface area contributed by atoms with Crippen molar-refractivity contribution in [1.82, 2.24) is 10.2 Å². The Bertz CT molecular complexity index is 705. The topological polar surface area (TPSA) is 52.6 Å². The molecule has 1 aromatic heterocycles. The zero-order valence-electron chi connectivity index (χ0n) is 14.9. The van der Waals surface area contributed by atoms with E-state index in [1.807, 2.05) is 35.2 Å². The smallest absolute Gasteiger partial charge is 0.253 e. The largest absolute Gasteiger partial charge is 0.393 e. The summed E-state index contributed by atoms with van der Waals surface area (Å²) in [7, 11) is 0. The SMILES string of the molecule is O=C(c1ccccc1)N1CCC(N[C@H](c2cccs2)C2CC(O)C2)CC1. The van der Waals surface area contributed by atoms with Crippen molar-refractivity contribution < 1.29 is 9.90 Å². The van der Waals surface area contributed by atoms with Crippen LogP contribution in [0.2, 0.25) is 0 Å². The van der Waals surface area contributed by atoms with Crippen LogP contribution < -0.4 is 5.32 Å². The van der Waals surface area contributed by atoms with Gasteiger partial charge in [0.05, 0.1) is 6.10 Å². The van der Waals surface area contributed by atoms with E-state index in [2.05, 4.69) is 22.8 Å². The number of piperidine rings is 1. The first-order chi connectivity index (χ1) is 12.7. The molecule has 2 heterocycles. The second kappa shape index (κ2) is 7.91. The Morgan fingerprint density at radius 1 is 1.12 bits per heavy atom. The molecule has 1 aliphatic carbocycles. The van der Waals surface area contributed by atoms with Crippen LogP contribution in [0.3, 0.4) is 0 Å². The Morgan fingerprint density at radius 3 is 2.46 bits per heavy atom. The van der Waals surface area contributed by atoms with Crippen molar-refractivity contribution in [3.05, 3.63) is 58.3 Å². The van der Waals surface area contributed by atoms with Gasteiger partial charge in [0, 0.05) is 35.6 Å². The van der Waals surface area contributed by atoms with Crippen LogP contribution in [0.1, 0.15) is 47.0 Å².